The second-order valence-electron chi connectivity index (χ2n) is 9.04. The Kier molecular flexibility index (Phi) is 16.8. The Bertz CT molecular complexity index is 1540. The predicted octanol–water partition coefficient (Wildman–Crippen LogP) is -0.173. The van der Waals surface area contributed by atoms with Gasteiger partial charge in [0.2, 0.25) is 29.7 Å². The summed E-state index contributed by atoms with van der Waals surface area (Å²) in [7, 11) is -4.24. The van der Waals surface area contributed by atoms with Crippen LogP contribution in [0.4, 0.5) is 47.1 Å². The van der Waals surface area contributed by atoms with Crippen LogP contribution in [0.15, 0.2) is 29.3 Å². The van der Waals surface area contributed by atoms with E-state index in [2.05, 4.69) is 65.5 Å². The molecule has 264 valence electrons. The van der Waals surface area contributed by atoms with E-state index in [4.69, 9.17) is 19.7 Å². The van der Waals surface area contributed by atoms with Gasteiger partial charge in [-0.15, -0.1) is 4.33 Å². The summed E-state index contributed by atoms with van der Waals surface area (Å²) in [4.78, 5) is 31.5. The number of benzene rings is 1. The van der Waals surface area contributed by atoms with Crippen LogP contribution in [0.25, 0.3) is 0 Å². The summed E-state index contributed by atoms with van der Waals surface area (Å²) in [6.45, 7) is 0.189. The molecule has 3 rings (SSSR count). The number of aromatic nitrogens is 6. The van der Waals surface area contributed by atoms with Crippen molar-refractivity contribution in [3.8, 4) is 0 Å². The normalized spacial score (nSPS) is 11.5. The van der Waals surface area contributed by atoms with Gasteiger partial charge in [-0.1, -0.05) is 11.1 Å². The Morgan fingerprint density at radius 3 is 2.12 bits per heavy atom. The lowest BCUT2D eigenvalue weighted by Gasteiger charge is -2.21. The lowest BCUT2D eigenvalue weighted by molar-refractivity contribution is -0.432. The number of hydrogen-bond acceptors (Lipinski definition) is 22. The van der Waals surface area contributed by atoms with E-state index in [1.807, 2.05) is 0 Å². The first-order valence-corrected chi connectivity index (χ1v) is 16.6. The lowest BCUT2D eigenvalue weighted by atomic mass is 10.3. The van der Waals surface area contributed by atoms with Gasteiger partial charge in [0.05, 0.1) is 44.5 Å². The molecule has 2 aromatic heterocycles. The standard InChI is InChI=1S/C24H36N12O10S2/c37-9-7-36(8-10-38)24-34-21(27-6-15-48(41,42)43)33-23(35-24)29-18-3-1-2-17(16-18)28-22-31-19(25-4-12-44-13-11-39)30-20(32-22)26-5-14-47-46-45-40/h1-3,5,16,37-40H,4,6-15H2,(H,41,42,43)(H2,25,28,30,31,32)(H2,27,29,33,34,35)/b26-5+. The maximum Gasteiger partial charge on any atom is 0.266 e. The van der Waals surface area contributed by atoms with Crippen LogP contribution in [0.3, 0.4) is 0 Å². The van der Waals surface area contributed by atoms with Gasteiger partial charge in [0.1, 0.15) is 0 Å². The first kappa shape index (κ1) is 38.3. The number of aliphatic hydroxyl groups excluding tert-OH is 3. The van der Waals surface area contributed by atoms with E-state index in [0.717, 1.165) is 12.0 Å². The van der Waals surface area contributed by atoms with E-state index in [1.165, 1.54) is 11.1 Å². The van der Waals surface area contributed by atoms with Crippen molar-refractivity contribution in [2.45, 2.75) is 0 Å². The Morgan fingerprint density at radius 1 is 0.854 bits per heavy atom. The molecule has 0 aliphatic heterocycles. The highest BCUT2D eigenvalue weighted by atomic mass is 32.2. The van der Waals surface area contributed by atoms with Crippen LogP contribution in [0.1, 0.15) is 0 Å². The summed E-state index contributed by atoms with van der Waals surface area (Å²) >= 11 is 0.775. The SMILES string of the molecule is O=S(=O)(O)CCNc1nc(Nc2cccc(Nc3nc(/N=C/CSOOO)nc(NCCOCCO)n3)c2)nc(N(CCO)CCO)n1. The third kappa shape index (κ3) is 14.8. The van der Waals surface area contributed by atoms with Gasteiger partial charge in [-0.2, -0.15) is 38.3 Å². The summed E-state index contributed by atoms with van der Waals surface area (Å²) < 4.78 is 41.0. The minimum Gasteiger partial charge on any atom is -0.395 e. The fourth-order valence-corrected chi connectivity index (χ4v) is 4.17. The molecule has 9 N–H and O–H groups in total. The highest BCUT2D eigenvalue weighted by Crippen LogP contribution is 2.23. The van der Waals surface area contributed by atoms with E-state index in [9.17, 15) is 18.6 Å². The molecule has 0 spiro atoms. The summed E-state index contributed by atoms with van der Waals surface area (Å²) in [5.41, 5.74) is 1.04. The molecule has 0 atom stereocenters. The summed E-state index contributed by atoms with van der Waals surface area (Å²) in [6.07, 6.45) is 1.43. The van der Waals surface area contributed by atoms with Gasteiger partial charge in [-0.25, -0.2) is 10.2 Å². The average molecular weight is 717 g/mol. The molecule has 0 saturated heterocycles. The monoisotopic (exact) mass is 716 g/mol. The van der Waals surface area contributed by atoms with Crippen molar-refractivity contribution in [3.63, 3.8) is 0 Å². The van der Waals surface area contributed by atoms with Gasteiger partial charge in [0.15, 0.2) is 0 Å². The molecule has 2 heterocycles. The van der Waals surface area contributed by atoms with Crippen LogP contribution >= 0.6 is 12.0 Å². The van der Waals surface area contributed by atoms with E-state index in [1.54, 1.807) is 24.3 Å². The summed E-state index contributed by atoms with van der Waals surface area (Å²) in [5, 5.41) is 51.5. The van der Waals surface area contributed by atoms with Crippen molar-refractivity contribution in [1.82, 2.24) is 29.9 Å². The molecule has 0 unspecified atom stereocenters. The highest BCUT2D eigenvalue weighted by Gasteiger charge is 2.15. The lowest BCUT2D eigenvalue weighted by Crippen LogP contribution is -2.32. The number of nitrogens with one attached hydrogen (secondary N) is 4. The maximum atomic E-state index is 11.2. The smallest absolute Gasteiger partial charge is 0.266 e. The molecule has 24 heteroatoms. The van der Waals surface area contributed by atoms with E-state index < -0.39 is 15.9 Å². The molecule has 0 aliphatic rings. The van der Waals surface area contributed by atoms with Crippen molar-refractivity contribution < 1.29 is 47.7 Å². The van der Waals surface area contributed by atoms with Crippen molar-refractivity contribution in [3.05, 3.63) is 24.3 Å². The zero-order chi connectivity index (χ0) is 34.6. The molecule has 48 heavy (non-hydrogen) atoms. The fourth-order valence-electron chi connectivity index (χ4n) is 3.58. The van der Waals surface area contributed by atoms with Crippen LogP contribution in [-0.2, 0) is 24.2 Å². The Balaban J connectivity index is 1.83. The second-order valence-corrected chi connectivity index (χ2v) is 11.3. The van der Waals surface area contributed by atoms with Crippen LogP contribution in [0.2, 0.25) is 0 Å². The first-order chi connectivity index (χ1) is 23.2. The summed E-state index contributed by atoms with van der Waals surface area (Å²) in [6, 6.07) is 6.87. The summed E-state index contributed by atoms with van der Waals surface area (Å²) in [5.74, 6) is 0.100. The van der Waals surface area contributed by atoms with Crippen molar-refractivity contribution >= 4 is 75.4 Å². The second kappa shape index (κ2) is 21.0. The third-order valence-corrected chi connectivity index (χ3v) is 6.64. The fraction of sp³-hybridized carbons (Fsp3) is 0.458. The maximum absolute atomic E-state index is 11.2. The van der Waals surface area contributed by atoms with Crippen molar-refractivity contribution in [2.24, 2.45) is 4.99 Å². The molecule has 0 saturated carbocycles. The topological polar surface area (TPSA) is 304 Å². The number of anilines is 7. The largest absolute Gasteiger partial charge is 0.395 e. The average Bonchev–Trinajstić information content (AvgIpc) is 3.04. The van der Waals surface area contributed by atoms with E-state index in [0.29, 0.717) is 17.9 Å². The van der Waals surface area contributed by atoms with Crippen LogP contribution in [0, 0.1) is 0 Å². The van der Waals surface area contributed by atoms with Gasteiger partial charge in [-0.05, 0) is 18.2 Å². The van der Waals surface area contributed by atoms with E-state index in [-0.39, 0.29) is 94.1 Å². The molecular formula is C24H36N12O10S2. The van der Waals surface area contributed by atoms with Gasteiger partial charge in [0, 0.05) is 55.8 Å². The zero-order valence-electron chi connectivity index (χ0n) is 25.3. The predicted molar refractivity (Wildman–Crippen MR) is 176 cm³/mol. The minimum absolute atomic E-state index is 0.0183. The molecule has 0 fully saturated rings. The number of hydrogen-bond donors (Lipinski definition) is 9. The van der Waals surface area contributed by atoms with Gasteiger partial charge in [-0.3, -0.25) is 4.55 Å². The molecule has 0 amide bonds. The quantitative estimate of drug-likeness (QED) is 0.0145. The highest BCUT2D eigenvalue weighted by molar-refractivity contribution is 7.95. The molecule has 1 aromatic carbocycles. The number of nitrogens with zero attached hydrogens (tertiary/aromatic N) is 8. The Hall–Kier alpha value is -4.11. The minimum atomic E-state index is -4.24. The molecule has 0 radical (unpaired) electrons. The molecular weight excluding hydrogens is 680 g/mol. The third-order valence-electron chi connectivity index (χ3n) is 5.48. The van der Waals surface area contributed by atoms with Crippen LogP contribution in [0.5, 0.6) is 0 Å². The van der Waals surface area contributed by atoms with E-state index >= 15 is 0 Å². The van der Waals surface area contributed by atoms with Crippen LogP contribution in [-0.4, -0.2) is 140 Å². The Labute approximate surface area is 278 Å². The van der Waals surface area contributed by atoms with Gasteiger partial charge >= 0.3 is 0 Å². The number of rotatable bonds is 24. The molecule has 0 aliphatic carbocycles. The number of ether oxygens (including phenoxy) is 1. The molecule has 0 bridgehead atoms. The van der Waals surface area contributed by atoms with Crippen LogP contribution < -0.4 is 26.2 Å². The Morgan fingerprint density at radius 2 is 1.48 bits per heavy atom. The van der Waals surface area contributed by atoms with Crippen molar-refractivity contribution in [1.29, 1.82) is 0 Å². The number of aliphatic imine (C=N–C) groups is 1. The van der Waals surface area contributed by atoms with Gasteiger partial charge in [0.25, 0.3) is 16.1 Å². The first-order valence-electron chi connectivity index (χ1n) is 14.1. The van der Waals surface area contributed by atoms with Gasteiger partial charge < -0.3 is 46.2 Å². The molecule has 22 nitrogen and oxygen atoms in total. The zero-order valence-corrected chi connectivity index (χ0v) is 27.0. The van der Waals surface area contributed by atoms with Crippen molar-refractivity contribution in [2.75, 3.05) is 96.9 Å². The number of aliphatic hydroxyl groups is 3. The molecule has 3 aromatic rings.